The zero-order chi connectivity index (χ0) is 18.5. The average molecular weight is 391 g/mol. The lowest BCUT2D eigenvalue weighted by molar-refractivity contribution is 0.255. The highest BCUT2D eigenvalue weighted by molar-refractivity contribution is 7.91. The monoisotopic (exact) mass is 390 g/mol. The molecule has 4 rings (SSSR count). The minimum absolute atomic E-state index is 0.00839. The van der Waals surface area contributed by atoms with E-state index in [1.807, 2.05) is 31.2 Å². The van der Waals surface area contributed by atoms with E-state index in [9.17, 15) is 13.2 Å². The van der Waals surface area contributed by atoms with E-state index in [4.69, 9.17) is 11.6 Å². The van der Waals surface area contributed by atoms with Crippen LogP contribution in [0.1, 0.15) is 12.5 Å². The molecule has 2 aliphatic rings. The Kier molecular flexibility index (Phi) is 4.20. The highest BCUT2D eigenvalue weighted by atomic mass is 35.5. The largest absolute Gasteiger partial charge is 0.329 e. The minimum atomic E-state index is -3.20. The molecule has 2 saturated heterocycles. The number of benzene rings is 2. The molecule has 136 valence electrons. The van der Waals surface area contributed by atoms with E-state index < -0.39 is 15.9 Å². The molecule has 0 bridgehead atoms. The van der Waals surface area contributed by atoms with Crippen LogP contribution in [0.3, 0.4) is 0 Å². The number of rotatable bonds is 3. The maximum Gasteiger partial charge on any atom is 0.329 e. The lowest BCUT2D eigenvalue weighted by Crippen LogP contribution is -2.38. The van der Waals surface area contributed by atoms with Crippen LogP contribution < -0.4 is 9.80 Å². The van der Waals surface area contributed by atoms with E-state index in [0.717, 1.165) is 17.7 Å². The van der Waals surface area contributed by atoms with Gasteiger partial charge in [-0.1, -0.05) is 36.7 Å². The summed E-state index contributed by atoms with van der Waals surface area (Å²) in [4.78, 5) is 16.6. The first-order valence-electron chi connectivity index (χ1n) is 8.57. The number of halogens is 1. The van der Waals surface area contributed by atoms with Crippen molar-refractivity contribution in [3.63, 3.8) is 0 Å². The van der Waals surface area contributed by atoms with Gasteiger partial charge in [-0.25, -0.2) is 13.2 Å². The number of sulfone groups is 1. The van der Waals surface area contributed by atoms with Gasteiger partial charge < -0.3 is 0 Å². The van der Waals surface area contributed by atoms with Gasteiger partial charge in [0.05, 0.1) is 23.6 Å². The molecular formula is C19H19ClN2O3S. The fourth-order valence-corrected chi connectivity index (χ4v) is 5.98. The molecule has 5 nitrogen and oxygen atoms in total. The topological polar surface area (TPSA) is 57.7 Å². The summed E-state index contributed by atoms with van der Waals surface area (Å²) in [6.45, 7) is 2.03. The Labute approximate surface area is 158 Å². The molecule has 2 amide bonds. The van der Waals surface area contributed by atoms with Crippen LogP contribution in [0.4, 0.5) is 16.2 Å². The molecule has 26 heavy (non-hydrogen) atoms. The fourth-order valence-electron chi connectivity index (χ4n) is 3.93. The number of carbonyl (C=O) groups excluding carboxylic acids is 1. The third-order valence-corrected chi connectivity index (χ3v) is 7.06. The minimum Gasteiger partial charge on any atom is -0.288 e. The van der Waals surface area contributed by atoms with Crippen LogP contribution in [0.2, 0.25) is 5.02 Å². The summed E-state index contributed by atoms with van der Waals surface area (Å²) in [5.41, 5.74) is 2.49. The van der Waals surface area contributed by atoms with Gasteiger partial charge >= 0.3 is 6.03 Å². The van der Waals surface area contributed by atoms with Gasteiger partial charge in [-0.05, 0) is 42.3 Å². The molecule has 2 aromatic rings. The van der Waals surface area contributed by atoms with E-state index in [2.05, 4.69) is 0 Å². The molecule has 0 radical (unpaired) electrons. The Balaban J connectivity index is 1.83. The Morgan fingerprint density at radius 2 is 1.62 bits per heavy atom. The van der Waals surface area contributed by atoms with Crippen molar-refractivity contribution >= 4 is 38.8 Å². The summed E-state index contributed by atoms with van der Waals surface area (Å²) in [5, 5.41) is 0.573. The summed E-state index contributed by atoms with van der Waals surface area (Å²) in [6, 6.07) is 13.7. The van der Waals surface area contributed by atoms with Crippen LogP contribution in [0, 0.1) is 0 Å². The Hall–Kier alpha value is -2.05. The molecule has 0 saturated carbocycles. The second kappa shape index (κ2) is 6.28. The lowest BCUT2D eigenvalue weighted by Gasteiger charge is -2.24. The maximum atomic E-state index is 13.3. The van der Waals surface area contributed by atoms with Gasteiger partial charge in [-0.3, -0.25) is 9.80 Å². The van der Waals surface area contributed by atoms with Crippen LogP contribution in [0.15, 0.2) is 48.5 Å². The SMILES string of the molecule is CCc1ccccc1N1C(=O)N(c2ccc(Cl)cc2)[C@H]2CS(=O)(=O)C[C@H]21. The van der Waals surface area contributed by atoms with Crippen LogP contribution in [0.25, 0.3) is 0 Å². The Morgan fingerprint density at radius 1 is 1.00 bits per heavy atom. The lowest BCUT2D eigenvalue weighted by atomic mass is 10.1. The van der Waals surface area contributed by atoms with Gasteiger partial charge in [-0.15, -0.1) is 0 Å². The number of hydrogen-bond donors (Lipinski definition) is 0. The predicted octanol–water partition coefficient (Wildman–Crippen LogP) is 3.51. The van der Waals surface area contributed by atoms with Gasteiger partial charge in [0.1, 0.15) is 0 Å². The third kappa shape index (κ3) is 2.77. The predicted molar refractivity (Wildman–Crippen MR) is 104 cm³/mol. The molecule has 2 fully saturated rings. The van der Waals surface area contributed by atoms with Crippen LogP contribution in [-0.2, 0) is 16.3 Å². The normalized spacial score (nSPS) is 24.2. The highest BCUT2D eigenvalue weighted by Gasteiger charge is 2.54. The first-order valence-corrected chi connectivity index (χ1v) is 10.8. The van der Waals surface area contributed by atoms with Gasteiger partial charge in [0.15, 0.2) is 9.84 Å². The van der Waals surface area contributed by atoms with Crippen molar-refractivity contribution < 1.29 is 13.2 Å². The Morgan fingerprint density at radius 3 is 2.27 bits per heavy atom. The second-order valence-corrected chi connectivity index (χ2v) is 9.28. The quantitative estimate of drug-likeness (QED) is 0.753. The van der Waals surface area contributed by atoms with E-state index >= 15 is 0 Å². The number of carbonyl (C=O) groups is 1. The Bertz CT molecular complexity index is 959. The molecule has 2 aliphatic heterocycles. The summed E-state index contributed by atoms with van der Waals surface area (Å²) < 4.78 is 24.7. The van der Waals surface area contributed by atoms with Gasteiger partial charge in [0.25, 0.3) is 0 Å². The van der Waals surface area contributed by atoms with Crippen molar-refractivity contribution in [1.82, 2.24) is 0 Å². The van der Waals surface area contributed by atoms with Crippen molar-refractivity contribution in [2.45, 2.75) is 25.4 Å². The average Bonchev–Trinajstić information content (AvgIpc) is 3.04. The van der Waals surface area contributed by atoms with Crippen molar-refractivity contribution in [3.8, 4) is 0 Å². The standard InChI is InChI=1S/C19H19ClN2O3S/c1-2-13-5-3-4-6-16(13)22-18-12-26(24,25)11-17(18)21(19(22)23)15-9-7-14(20)8-10-15/h3-10,17-18H,2,11-12H2,1H3/t17-,18+/m0/s1. The zero-order valence-corrected chi connectivity index (χ0v) is 15.9. The number of nitrogens with zero attached hydrogens (tertiary/aromatic N) is 2. The van der Waals surface area contributed by atoms with Crippen molar-refractivity contribution in [2.24, 2.45) is 0 Å². The van der Waals surface area contributed by atoms with E-state index in [1.54, 1.807) is 34.1 Å². The zero-order valence-electron chi connectivity index (χ0n) is 14.3. The summed E-state index contributed by atoms with van der Waals surface area (Å²) in [6.07, 6.45) is 0.769. The third-order valence-electron chi connectivity index (χ3n) is 5.11. The molecule has 0 unspecified atom stereocenters. The number of anilines is 2. The molecule has 0 N–H and O–H groups in total. The molecule has 2 heterocycles. The van der Waals surface area contributed by atoms with Gasteiger partial charge in [0.2, 0.25) is 0 Å². The van der Waals surface area contributed by atoms with E-state index in [0.29, 0.717) is 10.7 Å². The van der Waals surface area contributed by atoms with Crippen molar-refractivity contribution in [2.75, 3.05) is 21.3 Å². The maximum absolute atomic E-state index is 13.3. The molecular weight excluding hydrogens is 372 g/mol. The smallest absolute Gasteiger partial charge is 0.288 e. The van der Waals surface area contributed by atoms with Crippen LogP contribution in [0.5, 0.6) is 0 Å². The molecule has 0 aromatic heterocycles. The summed E-state index contributed by atoms with van der Waals surface area (Å²) in [5.74, 6) is -0.0254. The fraction of sp³-hybridized carbons (Fsp3) is 0.316. The second-order valence-electron chi connectivity index (χ2n) is 6.69. The number of para-hydroxylation sites is 1. The highest BCUT2D eigenvalue weighted by Crippen LogP contribution is 2.39. The summed E-state index contributed by atoms with van der Waals surface area (Å²) in [7, 11) is -3.20. The van der Waals surface area contributed by atoms with Crippen LogP contribution >= 0.6 is 11.6 Å². The summed E-state index contributed by atoms with van der Waals surface area (Å²) >= 11 is 5.97. The first-order chi connectivity index (χ1) is 12.4. The van der Waals surface area contributed by atoms with Crippen LogP contribution in [-0.4, -0.2) is 38.0 Å². The molecule has 2 aromatic carbocycles. The molecule has 2 atom stereocenters. The number of urea groups is 1. The van der Waals surface area contributed by atoms with E-state index in [1.165, 1.54) is 0 Å². The van der Waals surface area contributed by atoms with Crippen molar-refractivity contribution in [3.05, 3.63) is 59.1 Å². The van der Waals surface area contributed by atoms with Gasteiger partial charge in [0, 0.05) is 16.4 Å². The first kappa shape index (κ1) is 17.4. The molecule has 0 spiro atoms. The number of hydrogen-bond acceptors (Lipinski definition) is 3. The molecule has 0 aliphatic carbocycles. The van der Waals surface area contributed by atoms with Crippen molar-refractivity contribution in [1.29, 1.82) is 0 Å². The van der Waals surface area contributed by atoms with Gasteiger partial charge in [-0.2, -0.15) is 0 Å². The number of aryl methyl sites for hydroxylation is 1. The van der Waals surface area contributed by atoms with E-state index in [-0.39, 0.29) is 23.6 Å². The molecule has 7 heteroatoms. The number of fused-ring (bicyclic) bond motifs is 1. The number of amides is 2.